The molecule has 0 aliphatic rings. The van der Waals surface area contributed by atoms with E-state index in [-0.39, 0.29) is 5.41 Å². The first-order chi connectivity index (χ1) is 7.97. The minimum Gasteiger partial charge on any atom is -0.346 e. The number of aromatic amines is 1. The average molecular weight is 228 g/mol. The van der Waals surface area contributed by atoms with Crippen LogP contribution in [-0.2, 0) is 11.8 Å². The van der Waals surface area contributed by atoms with Crippen LogP contribution in [0.15, 0.2) is 30.5 Å². The normalized spacial score (nSPS) is 11.8. The fourth-order valence-corrected chi connectivity index (χ4v) is 2.06. The SMILES string of the molecule is Cc1ccc(CC(C)(C)c2ncc(C)[nH]2)cc1. The van der Waals surface area contributed by atoms with Gasteiger partial charge in [0.2, 0.25) is 0 Å². The summed E-state index contributed by atoms with van der Waals surface area (Å²) in [5, 5.41) is 0. The number of benzene rings is 1. The highest BCUT2D eigenvalue weighted by atomic mass is 14.9. The second kappa shape index (κ2) is 4.36. The Bertz CT molecular complexity index is 492. The molecule has 1 aromatic heterocycles. The molecule has 1 aromatic carbocycles. The van der Waals surface area contributed by atoms with Crippen molar-refractivity contribution in [3.63, 3.8) is 0 Å². The van der Waals surface area contributed by atoms with Gasteiger partial charge in [-0.15, -0.1) is 0 Å². The zero-order chi connectivity index (χ0) is 12.5. The maximum absolute atomic E-state index is 4.45. The third-order valence-electron chi connectivity index (χ3n) is 3.11. The molecule has 0 atom stereocenters. The number of aryl methyl sites for hydroxylation is 2. The van der Waals surface area contributed by atoms with Crippen molar-refractivity contribution in [2.24, 2.45) is 0 Å². The van der Waals surface area contributed by atoms with Gasteiger partial charge in [-0.3, -0.25) is 0 Å². The highest BCUT2D eigenvalue weighted by Gasteiger charge is 2.24. The lowest BCUT2D eigenvalue weighted by Crippen LogP contribution is -2.22. The monoisotopic (exact) mass is 228 g/mol. The molecule has 2 heteroatoms. The van der Waals surface area contributed by atoms with Crippen LogP contribution >= 0.6 is 0 Å². The molecule has 0 saturated carbocycles. The van der Waals surface area contributed by atoms with Gasteiger partial charge in [0.15, 0.2) is 0 Å². The first-order valence-corrected chi connectivity index (χ1v) is 6.05. The van der Waals surface area contributed by atoms with Gasteiger partial charge in [-0.05, 0) is 25.8 Å². The molecule has 1 N–H and O–H groups in total. The molecule has 2 nitrogen and oxygen atoms in total. The maximum Gasteiger partial charge on any atom is 0.112 e. The summed E-state index contributed by atoms with van der Waals surface area (Å²) in [5.41, 5.74) is 3.83. The van der Waals surface area contributed by atoms with Gasteiger partial charge in [0.05, 0.1) is 0 Å². The number of nitrogens with zero attached hydrogens (tertiary/aromatic N) is 1. The minimum absolute atomic E-state index is 0.0452. The topological polar surface area (TPSA) is 28.7 Å². The first kappa shape index (κ1) is 11.9. The molecule has 0 bridgehead atoms. The van der Waals surface area contributed by atoms with Crippen molar-refractivity contribution in [1.29, 1.82) is 0 Å². The molecule has 2 aromatic rings. The maximum atomic E-state index is 4.45. The Morgan fingerprint density at radius 3 is 2.29 bits per heavy atom. The Morgan fingerprint density at radius 1 is 1.12 bits per heavy atom. The zero-order valence-electron chi connectivity index (χ0n) is 11.0. The Hall–Kier alpha value is -1.57. The summed E-state index contributed by atoms with van der Waals surface area (Å²) in [6.45, 7) is 8.61. The Labute approximate surface area is 103 Å². The molecule has 90 valence electrons. The predicted octanol–water partition coefficient (Wildman–Crippen LogP) is 3.55. The summed E-state index contributed by atoms with van der Waals surface area (Å²) in [4.78, 5) is 7.78. The van der Waals surface area contributed by atoms with Crippen LogP contribution in [0.3, 0.4) is 0 Å². The van der Waals surface area contributed by atoms with Crippen molar-refractivity contribution in [3.05, 3.63) is 53.1 Å². The van der Waals surface area contributed by atoms with Gasteiger partial charge in [-0.2, -0.15) is 0 Å². The lowest BCUT2D eigenvalue weighted by molar-refractivity contribution is 0.491. The summed E-state index contributed by atoms with van der Waals surface area (Å²) in [6.07, 6.45) is 2.90. The van der Waals surface area contributed by atoms with E-state index < -0.39 is 0 Å². The number of nitrogens with one attached hydrogen (secondary N) is 1. The third kappa shape index (κ3) is 2.76. The summed E-state index contributed by atoms with van der Waals surface area (Å²) >= 11 is 0. The van der Waals surface area contributed by atoms with E-state index >= 15 is 0 Å². The van der Waals surface area contributed by atoms with Crippen LogP contribution in [0.25, 0.3) is 0 Å². The molecule has 0 aliphatic carbocycles. The van der Waals surface area contributed by atoms with Crippen molar-refractivity contribution in [1.82, 2.24) is 9.97 Å². The highest BCUT2D eigenvalue weighted by molar-refractivity contribution is 5.24. The zero-order valence-corrected chi connectivity index (χ0v) is 11.0. The van der Waals surface area contributed by atoms with Crippen molar-refractivity contribution in [2.45, 2.75) is 39.5 Å². The van der Waals surface area contributed by atoms with Crippen LogP contribution in [0.4, 0.5) is 0 Å². The molecule has 2 rings (SSSR count). The van der Waals surface area contributed by atoms with E-state index in [0.29, 0.717) is 0 Å². The minimum atomic E-state index is 0.0452. The molecule has 0 aliphatic heterocycles. The van der Waals surface area contributed by atoms with E-state index in [2.05, 4.69) is 55.0 Å². The van der Waals surface area contributed by atoms with E-state index in [1.165, 1.54) is 11.1 Å². The second-order valence-corrected chi connectivity index (χ2v) is 5.46. The number of H-pyrrole nitrogens is 1. The number of imidazole rings is 1. The van der Waals surface area contributed by atoms with Crippen LogP contribution in [-0.4, -0.2) is 9.97 Å². The molecule has 0 radical (unpaired) electrons. The lowest BCUT2D eigenvalue weighted by atomic mass is 9.85. The molecular formula is C15H20N2. The molecule has 1 heterocycles. The average Bonchev–Trinajstić information content (AvgIpc) is 2.69. The molecule has 0 saturated heterocycles. The van der Waals surface area contributed by atoms with Crippen LogP contribution in [0.1, 0.15) is 36.5 Å². The first-order valence-electron chi connectivity index (χ1n) is 6.05. The van der Waals surface area contributed by atoms with Crippen molar-refractivity contribution in [3.8, 4) is 0 Å². The van der Waals surface area contributed by atoms with Crippen molar-refractivity contribution >= 4 is 0 Å². The van der Waals surface area contributed by atoms with Gasteiger partial charge in [-0.25, -0.2) is 4.98 Å². The number of hydrogen-bond acceptors (Lipinski definition) is 1. The van der Waals surface area contributed by atoms with E-state index in [4.69, 9.17) is 0 Å². The summed E-state index contributed by atoms with van der Waals surface area (Å²) in [6, 6.07) is 8.73. The summed E-state index contributed by atoms with van der Waals surface area (Å²) in [7, 11) is 0. The number of rotatable bonds is 3. The van der Waals surface area contributed by atoms with Crippen LogP contribution < -0.4 is 0 Å². The van der Waals surface area contributed by atoms with E-state index in [0.717, 1.165) is 17.9 Å². The van der Waals surface area contributed by atoms with Gasteiger partial charge < -0.3 is 4.98 Å². The Balaban J connectivity index is 2.19. The van der Waals surface area contributed by atoms with E-state index in [1.807, 2.05) is 13.1 Å². The smallest absolute Gasteiger partial charge is 0.112 e. The molecule has 0 spiro atoms. The number of aromatic nitrogens is 2. The van der Waals surface area contributed by atoms with Crippen LogP contribution in [0.2, 0.25) is 0 Å². The van der Waals surface area contributed by atoms with Crippen molar-refractivity contribution < 1.29 is 0 Å². The van der Waals surface area contributed by atoms with Gasteiger partial charge >= 0.3 is 0 Å². The molecule has 17 heavy (non-hydrogen) atoms. The predicted molar refractivity (Wildman–Crippen MR) is 71.2 cm³/mol. The van der Waals surface area contributed by atoms with Crippen LogP contribution in [0, 0.1) is 13.8 Å². The van der Waals surface area contributed by atoms with Gasteiger partial charge in [0.25, 0.3) is 0 Å². The van der Waals surface area contributed by atoms with Gasteiger partial charge in [0, 0.05) is 17.3 Å². The molecule has 0 amide bonds. The number of hydrogen-bond donors (Lipinski definition) is 1. The third-order valence-corrected chi connectivity index (χ3v) is 3.11. The quantitative estimate of drug-likeness (QED) is 0.855. The Kier molecular flexibility index (Phi) is 3.05. The van der Waals surface area contributed by atoms with Crippen LogP contribution in [0.5, 0.6) is 0 Å². The fourth-order valence-electron chi connectivity index (χ4n) is 2.06. The Morgan fingerprint density at radius 2 is 1.76 bits per heavy atom. The second-order valence-electron chi connectivity index (χ2n) is 5.46. The van der Waals surface area contributed by atoms with Gasteiger partial charge in [0.1, 0.15) is 5.82 Å². The molecule has 0 fully saturated rings. The standard InChI is InChI=1S/C15H20N2/c1-11-5-7-13(8-6-11)9-15(3,4)14-16-10-12(2)17-14/h5-8,10H,9H2,1-4H3,(H,16,17). The van der Waals surface area contributed by atoms with Gasteiger partial charge in [-0.1, -0.05) is 43.7 Å². The lowest BCUT2D eigenvalue weighted by Gasteiger charge is -2.22. The fraction of sp³-hybridized carbons (Fsp3) is 0.400. The molecule has 0 unspecified atom stereocenters. The molecular weight excluding hydrogens is 208 g/mol. The summed E-state index contributed by atoms with van der Waals surface area (Å²) in [5.74, 6) is 1.07. The largest absolute Gasteiger partial charge is 0.346 e. The highest BCUT2D eigenvalue weighted by Crippen LogP contribution is 2.25. The van der Waals surface area contributed by atoms with Crippen molar-refractivity contribution in [2.75, 3.05) is 0 Å². The van der Waals surface area contributed by atoms with E-state index in [1.54, 1.807) is 0 Å². The van der Waals surface area contributed by atoms with E-state index in [9.17, 15) is 0 Å². The summed E-state index contributed by atoms with van der Waals surface area (Å²) < 4.78 is 0.